The number of H-pyrrole nitrogens is 2. The number of halogens is 3. The third-order valence-corrected chi connectivity index (χ3v) is 2.70. The van der Waals surface area contributed by atoms with Gasteiger partial charge in [0.2, 0.25) is 0 Å². The first-order valence-electron chi connectivity index (χ1n) is 4.18. The van der Waals surface area contributed by atoms with Gasteiger partial charge < -0.3 is 0 Å². The summed E-state index contributed by atoms with van der Waals surface area (Å²) in [5, 5.41) is 5.32. The third-order valence-electron chi connectivity index (χ3n) is 2.70. The third kappa shape index (κ3) is 1.08. The van der Waals surface area contributed by atoms with Crippen LogP contribution in [0, 0.1) is 0 Å². The fraction of sp³-hybridized carbons (Fsp3) is 0.714. The molecule has 0 amide bonds. The summed E-state index contributed by atoms with van der Waals surface area (Å²) in [7, 11) is 0. The van der Waals surface area contributed by atoms with E-state index in [1.807, 2.05) is 5.10 Å². The molecule has 4 nitrogen and oxygen atoms in total. The zero-order valence-corrected chi connectivity index (χ0v) is 7.11. The van der Waals surface area contributed by atoms with Crippen LogP contribution in [0.2, 0.25) is 0 Å². The molecule has 1 saturated carbocycles. The van der Waals surface area contributed by atoms with E-state index in [9.17, 15) is 18.0 Å². The molecule has 0 bridgehead atoms. The lowest BCUT2D eigenvalue weighted by molar-refractivity contribution is -0.215. The number of alkyl halides is 3. The predicted octanol–water partition coefficient (Wildman–Crippen LogP) is 1.08. The second-order valence-electron chi connectivity index (χ2n) is 3.46. The van der Waals surface area contributed by atoms with Crippen LogP contribution in [0.1, 0.15) is 25.1 Å². The van der Waals surface area contributed by atoms with Gasteiger partial charge in [0.1, 0.15) is 11.2 Å². The largest absolute Gasteiger partial charge is 0.401 e. The quantitative estimate of drug-likeness (QED) is 0.723. The molecule has 1 aromatic rings. The second-order valence-corrected chi connectivity index (χ2v) is 3.46. The zero-order valence-electron chi connectivity index (χ0n) is 7.11. The Kier molecular flexibility index (Phi) is 1.73. The van der Waals surface area contributed by atoms with Gasteiger partial charge in [-0.2, -0.15) is 18.3 Å². The molecule has 1 aromatic heterocycles. The highest BCUT2D eigenvalue weighted by Gasteiger charge is 2.61. The first-order chi connectivity index (χ1) is 6.46. The van der Waals surface area contributed by atoms with Crippen LogP contribution >= 0.6 is 0 Å². The van der Waals surface area contributed by atoms with E-state index in [1.165, 1.54) is 0 Å². The minimum Gasteiger partial charge on any atom is -0.292 e. The first kappa shape index (κ1) is 9.29. The Balaban J connectivity index is 2.43. The van der Waals surface area contributed by atoms with Gasteiger partial charge in [0.25, 0.3) is 0 Å². The number of nitrogens with one attached hydrogen (secondary N) is 2. The van der Waals surface area contributed by atoms with E-state index < -0.39 is 17.3 Å². The van der Waals surface area contributed by atoms with E-state index >= 15 is 0 Å². The Hall–Kier alpha value is -1.27. The normalized spacial score (nSPS) is 20.5. The summed E-state index contributed by atoms with van der Waals surface area (Å²) in [6.07, 6.45) is -3.84. The molecule has 14 heavy (non-hydrogen) atoms. The summed E-state index contributed by atoms with van der Waals surface area (Å²) in [5.74, 6) is -0.291. The van der Waals surface area contributed by atoms with E-state index in [0.29, 0.717) is 6.42 Å². The van der Waals surface area contributed by atoms with Crippen LogP contribution in [0.15, 0.2) is 4.79 Å². The molecule has 2 N–H and O–H groups in total. The summed E-state index contributed by atoms with van der Waals surface area (Å²) in [6.45, 7) is 0. The van der Waals surface area contributed by atoms with Crippen LogP contribution in [0.5, 0.6) is 0 Å². The summed E-state index contributed by atoms with van der Waals surface area (Å²) in [5.41, 5.74) is -2.62. The Labute approximate surface area is 76.5 Å². The van der Waals surface area contributed by atoms with Crippen molar-refractivity contribution < 1.29 is 13.2 Å². The van der Waals surface area contributed by atoms with E-state index in [0.717, 1.165) is 0 Å². The number of aromatic amines is 2. The topological polar surface area (TPSA) is 61.5 Å². The van der Waals surface area contributed by atoms with Crippen LogP contribution in [-0.2, 0) is 5.41 Å². The van der Waals surface area contributed by atoms with E-state index in [1.54, 1.807) is 0 Å². The zero-order chi connectivity index (χ0) is 10.4. The molecule has 0 aliphatic heterocycles. The van der Waals surface area contributed by atoms with Gasteiger partial charge >= 0.3 is 11.9 Å². The maximum absolute atomic E-state index is 12.7. The van der Waals surface area contributed by atoms with Crippen LogP contribution < -0.4 is 5.69 Å². The highest BCUT2D eigenvalue weighted by atomic mass is 19.4. The maximum Gasteiger partial charge on any atom is 0.401 e. The van der Waals surface area contributed by atoms with Crippen molar-refractivity contribution in [3.05, 3.63) is 16.3 Å². The lowest BCUT2D eigenvalue weighted by Gasteiger charge is -2.40. The summed E-state index contributed by atoms with van der Waals surface area (Å²) in [4.78, 5) is 12.7. The minimum atomic E-state index is -4.34. The van der Waals surface area contributed by atoms with Crippen molar-refractivity contribution in [2.75, 3.05) is 0 Å². The molecule has 0 spiro atoms. The second kappa shape index (κ2) is 2.61. The predicted molar refractivity (Wildman–Crippen MR) is 40.8 cm³/mol. The van der Waals surface area contributed by atoms with Crippen molar-refractivity contribution in [1.29, 1.82) is 0 Å². The van der Waals surface area contributed by atoms with Crippen molar-refractivity contribution in [2.45, 2.75) is 30.9 Å². The molecule has 0 atom stereocenters. The van der Waals surface area contributed by atoms with Gasteiger partial charge in [0.15, 0.2) is 0 Å². The van der Waals surface area contributed by atoms with Crippen LogP contribution in [-0.4, -0.2) is 21.4 Å². The summed E-state index contributed by atoms with van der Waals surface area (Å²) in [6, 6.07) is 0. The molecular formula is C7H8F3N3O. The van der Waals surface area contributed by atoms with Gasteiger partial charge in [-0.05, 0) is 12.8 Å². The van der Waals surface area contributed by atoms with E-state index in [2.05, 4.69) is 10.1 Å². The van der Waals surface area contributed by atoms with E-state index in [4.69, 9.17) is 0 Å². The number of aromatic nitrogens is 3. The molecule has 1 heterocycles. The van der Waals surface area contributed by atoms with Gasteiger partial charge in [0, 0.05) is 0 Å². The number of nitrogens with zero attached hydrogens (tertiary/aromatic N) is 1. The summed E-state index contributed by atoms with van der Waals surface area (Å²) < 4.78 is 38.0. The molecule has 2 rings (SSSR count). The van der Waals surface area contributed by atoms with Crippen molar-refractivity contribution in [1.82, 2.24) is 15.2 Å². The fourth-order valence-electron chi connectivity index (χ4n) is 1.68. The molecule has 1 aliphatic carbocycles. The van der Waals surface area contributed by atoms with Crippen LogP contribution in [0.3, 0.4) is 0 Å². The molecular weight excluding hydrogens is 199 g/mol. The highest BCUT2D eigenvalue weighted by Crippen LogP contribution is 2.52. The monoisotopic (exact) mass is 207 g/mol. The Morgan fingerprint density at radius 2 is 2.00 bits per heavy atom. The fourth-order valence-corrected chi connectivity index (χ4v) is 1.68. The Morgan fingerprint density at radius 3 is 2.29 bits per heavy atom. The molecule has 1 fully saturated rings. The summed E-state index contributed by atoms with van der Waals surface area (Å²) >= 11 is 0. The lowest BCUT2D eigenvalue weighted by Crippen LogP contribution is -2.49. The number of hydrogen-bond donors (Lipinski definition) is 2. The molecule has 78 valence electrons. The Morgan fingerprint density at radius 1 is 1.36 bits per heavy atom. The Bertz CT molecular complexity index is 387. The molecule has 0 unspecified atom stereocenters. The molecule has 1 aliphatic rings. The molecule has 0 aromatic carbocycles. The highest BCUT2D eigenvalue weighted by molar-refractivity contribution is 5.15. The molecule has 0 saturated heterocycles. The van der Waals surface area contributed by atoms with Crippen molar-refractivity contribution in [2.24, 2.45) is 0 Å². The van der Waals surface area contributed by atoms with Gasteiger partial charge in [-0.3, -0.25) is 4.98 Å². The van der Waals surface area contributed by atoms with Gasteiger partial charge in [-0.15, -0.1) is 0 Å². The standard InChI is InChI=1S/C7H8F3N3O/c8-7(9,10)6(2-1-3-6)4-11-5(14)13-12-4/h1-3H2,(H2,11,12,13,14). The SMILES string of the molecule is O=c1[nH]nc(C2(C(F)(F)F)CCC2)[nH]1. The number of hydrogen-bond acceptors (Lipinski definition) is 2. The van der Waals surface area contributed by atoms with Crippen molar-refractivity contribution >= 4 is 0 Å². The number of rotatable bonds is 1. The van der Waals surface area contributed by atoms with Crippen molar-refractivity contribution in [3.63, 3.8) is 0 Å². The lowest BCUT2D eigenvalue weighted by atomic mass is 9.67. The minimum absolute atomic E-state index is 0.00269. The average Bonchev–Trinajstić information content (AvgIpc) is 2.29. The van der Waals surface area contributed by atoms with Gasteiger partial charge in [0.05, 0.1) is 0 Å². The van der Waals surface area contributed by atoms with Crippen LogP contribution in [0.4, 0.5) is 13.2 Å². The van der Waals surface area contributed by atoms with Crippen LogP contribution in [0.25, 0.3) is 0 Å². The first-order valence-corrected chi connectivity index (χ1v) is 4.18. The van der Waals surface area contributed by atoms with E-state index in [-0.39, 0.29) is 18.7 Å². The molecule has 0 radical (unpaired) electrons. The average molecular weight is 207 g/mol. The van der Waals surface area contributed by atoms with Gasteiger partial charge in [-0.1, -0.05) is 6.42 Å². The van der Waals surface area contributed by atoms with Gasteiger partial charge in [-0.25, -0.2) is 9.89 Å². The smallest absolute Gasteiger partial charge is 0.292 e. The molecule has 7 heteroatoms. The van der Waals surface area contributed by atoms with Crippen molar-refractivity contribution in [3.8, 4) is 0 Å². The maximum atomic E-state index is 12.7.